The van der Waals surface area contributed by atoms with Crippen molar-refractivity contribution in [1.29, 1.82) is 0 Å². The van der Waals surface area contributed by atoms with Gasteiger partial charge in [-0.3, -0.25) is 4.98 Å². The summed E-state index contributed by atoms with van der Waals surface area (Å²) in [6, 6.07) is 7.56. The Labute approximate surface area is 126 Å². The highest BCUT2D eigenvalue weighted by Crippen LogP contribution is 2.30. The fourth-order valence-electron chi connectivity index (χ4n) is 1.98. The minimum atomic E-state index is 0.564. The SMILES string of the molecule is Cc1cc(N)c(N)cc1Nc1nc(-c2ccncc2)cs1. The van der Waals surface area contributed by atoms with Crippen molar-refractivity contribution < 1.29 is 0 Å². The molecule has 2 heterocycles. The number of pyridine rings is 1. The largest absolute Gasteiger partial charge is 0.397 e. The van der Waals surface area contributed by atoms with E-state index in [0.717, 1.165) is 27.6 Å². The molecule has 0 amide bonds. The minimum Gasteiger partial charge on any atom is -0.397 e. The molecule has 0 aliphatic carbocycles. The number of benzene rings is 1. The van der Waals surface area contributed by atoms with E-state index in [-0.39, 0.29) is 0 Å². The van der Waals surface area contributed by atoms with E-state index >= 15 is 0 Å². The van der Waals surface area contributed by atoms with Crippen molar-refractivity contribution in [3.05, 3.63) is 47.6 Å². The number of hydrogen-bond acceptors (Lipinski definition) is 6. The number of nitrogens with zero attached hydrogens (tertiary/aromatic N) is 2. The van der Waals surface area contributed by atoms with Gasteiger partial charge in [-0.15, -0.1) is 11.3 Å². The van der Waals surface area contributed by atoms with E-state index in [0.29, 0.717) is 11.4 Å². The Morgan fingerprint density at radius 3 is 2.57 bits per heavy atom. The smallest absolute Gasteiger partial charge is 0.187 e. The van der Waals surface area contributed by atoms with Gasteiger partial charge in [0.15, 0.2) is 5.13 Å². The summed E-state index contributed by atoms with van der Waals surface area (Å²) in [5.74, 6) is 0. The first-order valence-corrected chi connectivity index (χ1v) is 7.30. The highest BCUT2D eigenvalue weighted by molar-refractivity contribution is 7.14. The Kier molecular flexibility index (Phi) is 3.45. The molecule has 3 aromatic rings. The van der Waals surface area contributed by atoms with Crippen LogP contribution in [0.1, 0.15) is 5.56 Å². The summed E-state index contributed by atoms with van der Waals surface area (Å²) in [7, 11) is 0. The maximum atomic E-state index is 5.85. The molecule has 0 saturated heterocycles. The van der Waals surface area contributed by atoms with Crippen molar-refractivity contribution in [2.45, 2.75) is 6.92 Å². The number of nitrogens with one attached hydrogen (secondary N) is 1. The number of aryl methyl sites for hydroxylation is 1. The highest BCUT2D eigenvalue weighted by atomic mass is 32.1. The van der Waals surface area contributed by atoms with Gasteiger partial charge in [0.2, 0.25) is 0 Å². The van der Waals surface area contributed by atoms with Gasteiger partial charge >= 0.3 is 0 Å². The molecule has 0 atom stereocenters. The predicted molar refractivity (Wildman–Crippen MR) is 88.6 cm³/mol. The molecule has 0 aliphatic heterocycles. The lowest BCUT2D eigenvalue weighted by atomic mass is 10.1. The minimum absolute atomic E-state index is 0.564. The molecule has 0 spiro atoms. The quantitative estimate of drug-likeness (QED) is 0.644. The van der Waals surface area contributed by atoms with Crippen molar-refractivity contribution in [2.75, 3.05) is 16.8 Å². The molecule has 106 valence electrons. The van der Waals surface area contributed by atoms with E-state index in [4.69, 9.17) is 11.5 Å². The first-order valence-electron chi connectivity index (χ1n) is 6.42. The topological polar surface area (TPSA) is 89.8 Å². The van der Waals surface area contributed by atoms with Gasteiger partial charge in [-0.1, -0.05) is 0 Å². The molecular formula is C15H15N5S. The number of rotatable bonds is 3. The third-order valence-electron chi connectivity index (χ3n) is 3.15. The van der Waals surface area contributed by atoms with Crippen molar-refractivity contribution in [1.82, 2.24) is 9.97 Å². The number of thiazole rings is 1. The van der Waals surface area contributed by atoms with Crippen LogP contribution < -0.4 is 16.8 Å². The summed E-state index contributed by atoms with van der Waals surface area (Å²) < 4.78 is 0. The number of hydrogen-bond donors (Lipinski definition) is 3. The molecule has 1 aromatic carbocycles. The summed E-state index contributed by atoms with van der Waals surface area (Å²) in [6.07, 6.45) is 3.51. The van der Waals surface area contributed by atoms with Crippen LogP contribution >= 0.6 is 11.3 Å². The van der Waals surface area contributed by atoms with Gasteiger partial charge in [0.05, 0.1) is 17.1 Å². The lowest BCUT2D eigenvalue weighted by Gasteiger charge is -2.09. The molecule has 2 aromatic heterocycles. The summed E-state index contributed by atoms with van der Waals surface area (Å²) in [5.41, 5.74) is 16.7. The molecule has 6 heteroatoms. The van der Waals surface area contributed by atoms with Gasteiger partial charge in [0.1, 0.15) is 0 Å². The Balaban J connectivity index is 1.87. The molecule has 0 saturated carbocycles. The van der Waals surface area contributed by atoms with Crippen LogP contribution in [0.25, 0.3) is 11.3 Å². The average molecular weight is 297 g/mol. The molecule has 0 bridgehead atoms. The molecular weight excluding hydrogens is 282 g/mol. The summed E-state index contributed by atoms with van der Waals surface area (Å²) in [5, 5.41) is 6.11. The number of anilines is 4. The Morgan fingerprint density at radius 1 is 1.10 bits per heavy atom. The van der Waals surface area contributed by atoms with E-state index in [1.165, 1.54) is 0 Å². The van der Waals surface area contributed by atoms with E-state index < -0.39 is 0 Å². The molecule has 0 fully saturated rings. The van der Waals surface area contributed by atoms with E-state index in [2.05, 4.69) is 15.3 Å². The first-order chi connectivity index (χ1) is 10.1. The van der Waals surface area contributed by atoms with E-state index in [1.54, 1.807) is 23.7 Å². The molecule has 0 unspecified atom stereocenters. The van der Waals surface area contributed by atoms with Gasteiger partial charge < -0.3 is 16.8 Å². The maximum Gasteiger partial charge on any atom is 0.187 e. The van der Waals surface area contributed by atoms with E-state index in [9.17, 15) is 0 Å². The van der Waals surface area contributed by atoms with Crippen LogP contribution in [0.5, 0.6) is 0 Å². The summed E-state index contributed by atoms with van der Waals surface area (Å²) >= 11 is 1.54. The Morgan fingerprint density at radius 2 is 1.81 bits per heavy atom. The van der Waals surface area contributed by atoms with Crippen LogP contribution in [0.3, 0.4) is 0 Å². The fourth-order valence-corrected chi connectivity index (χ4v) is 2.72. The monoisotopic (exact) mass is 297 g/mol. The van der Waals surface area contributed by atoms with Crippen LogP contribution in [0.2, 0.25) is 0 Å². The number of nitrogens with two attached hydrogens (primary N) is 2. The second kappa shape index (κ2) is 5.41. The lowest BCUT2D eigenvalue weighted by Crippen LogP contribution is -1.99. The molecule has 5 N–H and O–H groups in total. The molecule has 21 heavy (non-hydrogen) atoms. The Hall–Kier alpha value is -2.60. The second-order valence-corrected chi connectivity index (χ2v) is 5.55. The third-order valence-corrected chi connectivity index (χ3v) is 3.91. The number of aromatic nitrogens is 2. The zero-order valence-corrected chi connectivity index (χ0v) is 12.3. The molecule has 0 aliphatic rings. The second-order valence-electron chi connectivity index (χ2n) is 4.69. The van der Waals surface area contributed by atoms with Crippen molar-refractivity contribution >= 4 is 33.5 Å². The van der Waals surface area contributed by atoms with Crippen LogP contribution in [-0.4, -0.2) is 9.97 Å². The van der Waals surface area contributed by atoms with Crippen molar-refractivity contribution in [3.8, 4) is 11.3 Å². The van der Waals surface area contributed by atoms with Crippen LogP contribution in [0.15, 0.2) is 42.0 Å². The van der Waals surface area contributed by atoms with Crippen LogP contribution in [-0.2, 0) is 0 Å². The predicted octanol–water partition coefficient (Wildman–Crippen LogP) is 3.42. The van der Waals surface area contributed by atoms with Crippen LogP contribution in [0.4, 0.5) is 22.2 Å². The maximum absolute atomic E-state index is 5.85. The Bertz CT molecular complexity index is 767. The molecule has 3 rings (SSSR count). The number of nitrogen functional groups attached to an aromatic ring is 2. The third kappa shape index (κ3) is 2.80. The van der Waals surface area contributed by atoms with Gasteiger partial charge in [-0.05, 0) is 36.8 Å². The standard InChI is InChI=1S/C15H15N5S/c1-9-6-11(16)12(17)7-13(9)19-15-20-14(8-21-15)10-2-4-18-5-3-10/h2-8H,16-17H2,1H3,(H,19,20). The normalized spacial score (nSPS) is 10.5. The summed E-state index contributed by atoms with van der Waals surface area (Å²) in [6.45, 7) is 1.98. The zero-order chi connectivity index (χ0) is 14.8. The van der Waals surface area contributed by atoms with Crippen LogP contribution in [0, 0.1) is 6.92 Å². The van der Waals surface area contributed by atoms with Gasteiger partial charge in [0, 0.05) is 29.0 Å². The lowest BCUT2D eigenvalue weighted by molar-refractivity contribution is 1.31. The molecule has 5 nitrogen and oxygen atoms in total. The fraction of sp³-hybridized carbons (Fsp3) is 0.0667. The van der Waals surface area contributed by atoms with Gasteiger partial charge in [-0.2, -0.15) is 0 Å². The first kappa shape index (κ1) is 13.4. The zero-order valence-electron chi connectivity index (χ0n) is 11.5. The van der Waals surface area contributed by atoms with Gasteiger partial charge in [-0.25, -0.2) is 4.98 Å². The van der Waals surface area contributed by atoms with Crippen molar-refractivity contribution in [3.63, 3.8) is 0 Å². The van der Waals surface area contributed by atoms with Crippen molar-refractivity contribution in [2.24, 2.45) is 0 Å². The highest BCUT2D eigenvalue weighted by Gasteiger charge is 2.07. The van der Waals surface area contributed by atoms with E-state index in [1.807, 2.05) is 36.6 Å². The van der Waals surface area contributed by atoms with Gasteiger partial charge in [0.25, 0.3) is 0 Å². The summed E-state index contributed by atoms with van der Waals surface area (Å²) in [4.78, 5) is 8.59. The molecule has 0 radical (unpaired) electrons. The average Bonchev–Trinajstić information content (AvgIpc) is 2.94.